The van der Waals surface area contributed by atoms with Gasteiger partial charge in [0.15, 0.2) is 5.11 Å². The molecule has 3 nitrogen and oxygen atoms in total. The second-order valence-corrected chi connectivity index (χ2v) is 6.31. The average molecular weight is 430 g/mol. The van der Waals surface area contributed by atoms with Gasteiger partial charge in [-0.2, -0.15) is 0 Å². The van der Waals surface area contributed by atoms with Gasteiger partial charge in [-0.05, 0) is 65.4 Å². The van der Waals surface area contributed by atoms with Crippen LogP contribution in [0.25, 0.3) is 0 Å². The number of hydrogen-bond acceptors (Lipinski definition) is 2. The summed E-state index contributed by atoms with van der Waals surface area (Å²) in [4.78, 5) is 0. The van der Waals surface area contributed by atoms with E-state index in [0.29, 0.717) is 11.7 Å². The smallest absolute Gasteiger partial charge is 0.175 e. The molecule has 0 aromatic heterocycles. The number of thiocarbonyl (C=S) groups is 1. The van der Waals surface area contributed by atoms with Crippen LogP contribution in [0.2, 0.25) is 0 Å². The summed E-state index contributed by atoms with van der Waals surface area (Å²) >= 11 is 12.3. The monoisotopic (exact) mass is 428 g/mol. The lowest BCUT2D eigenvalue weighted by Gasteiger charge is -2.15. The first kappa shape index (κ1) is 16.3. The van der Waals surface area contributed by atoms with Crippen molar-refractivity contribution in [2.45, 2.75) is 6.92 Å². The quantitative estimate of drug-likeness (QED) is 0.635. The molecule has 0 atom stereocenters. The van der Waals surface area contributed by atoms with E-state index in [4.69, 9.17) is 17.0 Å². The molecule has 2 N–H and O–H groups in total. The summed E-state index contributed by atoms with van der Waals surface area (Å²) in [5, 5.41) is 6.81. The lowest BCUT2D eigenvalue weighted by molar-refractivity contribution is 0.342. The first-order chi connectivity index (χ1) is 10.1. The largest absolute Gasteiger partial charge is 0.492 e. The van der Waals surface area contributed by atoms with Gasteiger partial charge in [0.1, 0.15) is 5.75 Å². The van der Waals surface area contributed by atoms with Crippen LogP contribution in [0.4, 0.5) is 11.4 Å². The molecule has 0 heterocycles. The van der Waals surface area contributed by atoms with Gasteiger partial charge in [0.2, 0.25) is 0 Å². The van der Waals surface area contributed by atoms with Gasteiger partial charge in [-0.3, -0.25) is 0 Å². The Morgan fingerprint density at radius 3 is 2.52 bits per heavy atom. The Balaban J connectivity index is 2.08. The Hall–Kier alpha value is -1.11. The number of nitrogens with one attached hydrogen (secondary N) is 2. The minimum absolute atomic E-state index is 0.505. The van der Waals surface area contributed by atoms with E-state index in [0.717, 1.165) is 26.1 Å². The van der Waals surface area contributed by atoms with Gasteiger partial charge in [-0.1, -0.05) is 28.1 Å². The summed E-state index contributed by atoms with van der Waals surface area (Å²) in [6.45, 7) is 2.56. The Labute approximate surface area is 146 Å². The van der Waals surface area contributed by atoms with Crippen molar-refractivity contribution in [3.63, 3.8) is 0 Å². The van der Waals surface area contributed by atoms with Crippen LogP contribution in [-0.4, -0.2) is 11.7 Å². The average Bonchev–Trinajstić information content (AvgIpc) is 2.44. The third-order valence-corrected chi connectivity index (χ3v) is 3.97. The molecule has 0 spiro atoms. The second kappa shape index (κ2) is 7.77. The van der Waals surface area contributed by atoms with E-state index in [-0.39, 0.29) is 0 Å². The molecule has 0 aliphatic carbocycles. The van der Waals surface area contributed by atoms with Crippen LogP contribution in [0, 0.1) is 0 Å². The molecule has 0 saturated heterocycles. The van der Waals surface area contributed by atoms with Crippen molar-refractivity contribution in [1.82, 2.24) is 0 Å². The molecule has 110 valence electrons. The van der Waals surface area contributed by atoms with Crippen LogP contribution >= 0.6 is 44.1 Å². The first-order valence-electron chi connectivity index (χ1n) is 6.35. The molecule has 0 radical (unpaired) electrons. The predicted octanol–water partition coefficient (Wildman–Crippen LogP) is 5.42. The van der Waals surface area contributed by atoms with Crippen LogP contribution in [0.5, 0.6) is 5.75 Å². The number of para-hydroxylation sites is 2. The molecular weight excluding hydrogens is 416 g/mol. The van der Waals surface area contributed by atoms with E-state index in [9.17, 15) is 0 Å². The third kappa shape index (κ3) is 4.69. The molecule has 2 aromatic carbocycles. The van der Waals surface area contributed by atoms with Crippen molar-refractivity contribution in [3.05, 3.63) is 51.4 Å². The van der Waals surface area contributed by atoms with Crippen molar-refractivity contribution >= 4 is 60.6 Å². The standard InChI is InChI=1S/C15H14Br2N2OS/c1-2-20-14-6-4-3-5-13(14)19-15(21)18-12-8-7-10(16)9-11(12)17/h3-9H,2H2,1H3,(H2,18,19,21). The zero-order valence-electron chi connectivity index (χ0n) is 11.3. The number of rotatable bonds is 4. The fourth-order valence-electron chi connectivity index (χ4n) is 1.72. The van der Waals surface area contributed by atoms with Crippen LogP contribution in [0.15, 0.2) is 51.4 Å². The number of ether oxygens (including phenoxy) is 1. The summed E-state index contributed by atoms with van der Waals surface area (Å²) in [6, 6.07) is 13.5. The van der Waals surface area contributed by atoms with E-state index in [1.165, 1.54) is 0 Å². The molecule has 0 aliphatic heterocycles. The van der Waals surface area contributed by atoms with Gasteiger partial charge in [0.05, 0.1) is 18.0 Å². The maximum absolute atomic E-state index is 5.56. The Kier molecular flexibility index (Phi) is 6.02. The molecule has 21 heavy (non-hydrogen) atoms. The van der Waals surface area contributed by atoms with Crippen LogP contribution in [0.3, 0.4) is 0 Å². The minimum Gasteiger partial charge on any atom is -0.492 e. The summed E-state index contributed by atoms with van der Waals surface area (Å²) < 4.78 is 7.49. The molecule has 0 bridgehead atoms. The number of benzene rings is 2. The highest BCUT2D eigenvalue weighted by molar-refractivity contribution is 9.11. The van der Waals surface area contributed by atoms with Gasteiger partial charge in [-0.25, -0.2) is 0 Å². The Morgan fingerprint density at radius 1 is 1.10 bits per heavy atom. The summed E-state index contributed by atoms with van der Waals surface area (Å²) in [7, 11) is 0. The summed E-state index contributed by atoms with van der Waals surface area (Å²) in [5.41, 5.74) is 1.73. The molecule has 0 aliphatic rings. The number of halogens is 2. The SMILES string of the molecule is CCOc1ccccc1NC(=S)Nc1ccc(Br)cc1Br. The van der Waals surface area contributed by atoms with Crippen LogP contribution in [-0.2, 0) is 0 Å². The Morgan fingerprint density at radius 2 is 1.81 bits per heavy atom. The molecular formula is C15H14Br2N2OS. The number of anilines is 2. The van der Waals surface area contributed by atoms with E-state index in [2.05, 4.69) is 42.5 Å². The van der Waals surface area contributed by atoms with Gasteiger partial charge in [0, 0.05) is 8.95 Å². The zero-order chi connectivity index (χ0) is 15.2. The maximum atomic E-state index is 5.56. The van der Waals surface area contributed by atoms with E-state index < -0.39 is 0 Å². The molecule has 0 fully saturated rings. The highest BCUT2D eigenvalue weighted by atomic mass is 79.9. The van der Waals surface area contributed by atoms with E-state index in [1.54, 1.807) is 0 Å². The fraction of sp³-hybridized carbons (Fsp3) is 0.133. The van der Waals surface area contributed by atoms with E-state index >= 15 is 0 Å². The highest BCUT2D eigenvalue weighted by Gasteiger charge is 2.06. The molecule has 6 heteroatoms. The number of hydrogen-bond donors (Lipinski definition) is 2. The minimum atomic E-state index is 0.505. The molecule has 0 unspecified atom stereocenters. The van der Waals surface area contributed by atoms with Crippen molar-refractivity contribution in [2.75, 3.05) is 17.2 Å². The molecule has 0 saturated carbocycles. The predicted molar refractivity (Wildman–Crippen MR) is 99.3 cm³/mol. The lowest BCUT2D eigenvalue weighted by Crippen LogP contribution is -2.19. The topological polar surface area (TPSA) is 33.3 Å². The first-order valence-corrected chi connectivity index (χ1v) is 8.34. The van der Waals surface area contributed by atoms with Crippen molar-refractivity contribution in [2.24, 2.45) is 0 Å². The van der Waals surface area contributed by atoms with Gasteiger partial charge >= 0.3 is 0 Å². The lowest BCUT2D eigenvalue weighted by atomic mass is 10.3. The fourth-order valence-corrected chi connectivity index (χ4v) is 3.08. The van der Waals surface area contributed by atoms with Crippen molar-refractivity contribution in [1.29, 1.82) is 0 Å². The highest BCUT2D eigenvalue weighted by Crippen LogP contribution is 2.27. The maximum Gasteiger partial charge on any atom is 0.175 e. The van der Waals surface area contributed by atoms with Gasteiger partial charge in [-0.15, -0.1) is 0 Å². The van der Waals surface area contributed by atoms with Crippen LogP contribution in [0.1, 0.15) is 6.92 Å². The summed E-state index contributed by atoms with van der Waals surface area (Å²) in [6.07, 6.45) is 0. The van der Waals surface area contributed by atoms with E-state index in [1.807, 2.05) is 49.4 Å². The van der Waals surface area contributed by atoms with Gasteiger partial charge in [0.25, 0.3) is 0 Å². The van der Waals surface area contributed by atoms with Crippen LogP contribution < -0.4 is 15.4 Å². The van der Waals surface area contributed by atoms with Crippen molar-refractivity contribution < 1.29 is 4.74 Å². The summed E-state index contributed by atoms with van der Waals surface area (Å²) in [5.74, 6) is 0.777. The molecule has 0 amide bonds. The Bertz CT molecular complexity index is 649. The molecule has 2 aromatic rings. The molecule has 2 rings (SSSR count). The normalized spacial score (nSPS) is 10.0. The second-order valence-electron chi connectivity index (χ2n) is 4.13. The zero-order valence-corrected chi connectivity index (χ0v) is 15.3. The van der Waals surface area contributed by atoms with Crippen molar-refractivity contribution in [3.8, 4) is 5.75 Å². The van der Waals surface area contributed by atoms with Gasteiger partial charge < -0.3 is 15.4 Å². The third-order valence-electron chi connectivity index (χ3n) is 2.61.